The highest BCUT2D eigenvalue weighted by molar-refractivity contribution is 6.17. The van der Waals surface area contributed by atoms with Gasteiger partial charge in [0.05, 0.1) is 18.1 Å². The third kappa shape index (κ3) is 5.47. The molecule has 0 aliphatic carbocycles. The van der Waals surface area contributed by atoms with E-state index in [4.69, 9.17) is 10.3 Å². The van der Waals surface area contributed by atoms with Crippen LogP contribution < -0.4 is 5.32 Å². The summed E-state index contributed by atoms with van der Waals surface area (Å²) in [4.78, 5) is 42.6. The number of nitriles is 1. The van der Waals surface area contributed by atoms with Crippen LogP contribution >= 0.6 is 0 Å². The highest BCUT2D eigenvalue weighted by atomic mass is 16.2. The van der Waals surface area contributed by atoms with E-state index in [1.54, 1.807) is 54.0 Å². The lowest BCUT2D eigenvalue weighted by atomic mass is 9.85. The van der Waals surface area contributed by atoms with Gasteiger partial charge in [-0.3, -0.25) is 29.4 Å². The van der Waals surface area contributed by atoms with Gasteiger partial charge in [0.25, 0.3) is 5.91 Å². The van der Waals surface area contributed by atoms with Crippen molar-refractivity contribution in [2.24, 2.45) is 10.9 Å². The minimum atomic E-state index is -1.06. The van der Waals surface area contributed by atoms with Crippen LogP contribution in [-0.2, 0) is 17.6 Å². The number of benzene rings is 1. The maximum Gasteiger partial charge on any atom is 0.256 e. The molecule has 2 aliphatic rings. The first kappa shape index (κ1) is 24.5. The van der Waals surface area contributed by atoms with Gasteiger partial charge in [0.1, 0.15) is 11.4 Å². The molecule has 186 valence electrons. The summed E-state index contributed by atoms with van der Waals surface area (Å²) >= 11 is 0. The van der Waals surface area contributed by atoms with Gasteiger partial charge in [0.15, 0.2) is 5.78 Å². The van der Waals surface area contributed by atoms with E-state index in [0.29, 0.717) is 42.3 Å². The molecule has 1 aromatic carbocycles. The van der Waals surface area contributed by atoms with E-state index in [-0.39, 0.29) is 18.1 Å². The summed E-state index contributed by atoms with van der Waals surface area (Å²) in [6, 6.07) is 16.3. The van der Waals surface area contributed by atoms with E-state index in [1.165, 1.54) is 0 Å². The van der Waals surface area contributed by atoms with Crippen molar-refractivity contribution >= 4 is 17.5 Å². The van der Waals surface area contributed by atoms with E-state index in [1.807, 2.05) is 24.3 Å². The van der Waals surface area contributed by atoms with Crippen molar-refractivity contribution in [3.63, 3.8) is 0 Å². The van der Waals surface area contributed by atoms with Gasteiger partial charge in [0, 0.05) is 49.7 Å². The Balaban J connectivity index is 1.51. The Bertz CT molecular complexity index is 1280. The SMILES string of the molecule is N#Cc1ccc(C(=O)CC2=NC(Cc3ccncc3)(Cc3ccncc3)C(=O)N2CC2CCNC2)cc1. The molecule has 0 spiro atoms. The van der Waals surface area contributed by atoms with Gasteiger partial charge in [-0.15, -0.1) is 0 Å². The summed E-state index contributed by atoms with van der Waals surface area (Å²) in [6.07, 6.45) is 8.68. The quantitative estimate of drug-likeness (QED) is 0.460. The van der Waals surface area contributed by atoms with Crippen LogP contribution in [0.2, 0.25) is 0 Å². The van der Waals surface area contributed by atoms with E-state index in [9.17, 15) is 9.59 Å². The van der Waals surface area contributed by atoms with E-state index in [0.717, 1.165) is 30.6 Å². The van der Waals surface area contributed by atoms with Crippen LogP contribution in [0.15, 0.2) is 78.3 Å². The number of hydrogen-bond donors (Lipinski definition) is 1. The van der Waals surface area contributed by atoms with Crippen LogP contribution in [0.4, 0.5) is 0 Å². The van der Waals surface area contributed by atoms with E-state index >= 15 is 0 Å². The number of carbonyl (C=O) groups excluding carboxylic acids is 2. The number of nitrogens with one attached hydrogen (secondary N) is 1. The van der Waals surface area contributed by atoms with Gasteiger partial charge in [-0.1, -0.05) is 12.1 Å². The summed E-state index contributed by atoms with van der Waals surface area (Å²) in [6.45, 7) is 2.28. The fraction of sp³-hybridized carbons (Fsp3) is 0.310. The predicted octanol–water partition coefficient (Wildman–Crippen LogP) is 3.00. The van der Waals surface area contributed by atoms with Crippen molar-refractivity contribution in [2.45, 2.75) is 31.2 Å². The minimum absolute atomic E-state index is 0.0201. The van der Waals surface area contributed by atoms with Crippen molar-refractivity contribution in [2.75, 3.05) is 19.6 Å². The van der Waals surface area contributed by atoms with Gasteiger partial charge in [0.2, 0.25) is 0 Å². The Morgan fingerprint density at radius 1 is 1.00 bits per heavy atom. The van der Waals surface area contributed by atoms with Crippen molar-refractivity contribution < 1.29 is 9.59 Å². The Hall–Kier alpha value is -4.22. The average Bonchev–Trinajstić information content (AvgIpc) is 3.53. The third-order valence-corrected chi connectivity index (χ3v) is 7.05. The molecule has 4 heterocycles. The number of carbonyl (C=O) groups is 2. The standard InChI is InChI=1S/C29H28N6O2/c30-18-23-1-3-25(4-2-23)26(36)15-27-34-29(16-21-5-10-31-11-6-21,17-22-7-12-32-13-8-22)28(37)35(27)20-24-9-14-33-19-24/h1-8,10-13,24,33H,9,14-17,19-20H2. The molecule has 1 fully saturated rings. The largest absolute Gasteiger partial charge is 0.316 e. The molecule has 2 aliphatic heterocycles. The second-order valence-electron chi connectivity index (χ2n) is 9.69. The number of ketones is 1. The van der Waals surface area contributed by atoms with Gasteiger partial charge in [-0.05, 0) is 73.0 Å². The zero-order valence-corrected chi connectivity index (χ0v) is 20.5. The van der Waals surface area contributed by atoms with Gasteiger partial charge in [-0.25, -0.2) is 0 Å². The normalized spacial score (nSPS) is 18.5. The first-order valence-electron chi connectivity index (χ1n) is 12.5. The van der Waals surface area contributed by atoms with Crippen LogP contribution in [0.1, 0.15) is 39.9 Å². The molecule has 1 atom stereocenters. The topological polar surface area (TPSA) is 111 Å². The Morgan fingerprint density at radius 3 is 2.16 bits per heavy atom. The fourth-order valence-corrected chi connectivity index (χ4v) is 5.12. The molecule has 3 aromatic rings. The maximum absolute atomic E-state index is 14.2. The molecule has 37 heavy (non-hydrogen) atoms. The van der Waals surface area contributed by atoms with Gasteiger partial charge >= 0.3 is 0 Å². The van der Waals surface area contributed by atoms with Crippen molar-refractivity contribution in [1.29, 1.82) is 5.26 Å². The van der Waals surface area contributed by atoms with E-state index in [2.05, 4.69) is 21.4 Å². The summed E-state index contributed by atoms with van der Waals surface area (Å²) in [5.41, 5.74) is 1.85. The number of amidine groups is 1. The maximum atomic E-state index is 14.2. The molecule has 8 heteroatoms. The molecule has 1 N–H and O–H groups in total. The summed E-state index contributed by atoms with van der Waals surface area (Å²) in [5, 5.41) is 12.5. The molecule has 0 bridgehead atoms. The highest BCUT2D eigenvalue weighted by Crippen LogP contribution is 2.33. The Labute approximate surface area is 216 Å². The van der Waals surface area contributed by atoms with Gasteiger partial charge < -0.3 is 5.32 Å². The molecule has 2 aromatic heterocycles. The lowest BCUT2D eigenvalue weighted by Crippen LogP contribution is -2.47. The number of amides is 1. The molecule has 0 saturated carbocycles. The number of nitrogens with zero attached hydrogens (tertiary/aromatic N) is 5. The molecule has 1 unspecified atom stereocenters. The summed E-state index contributed by atoms with van der Waals surface area (Å²) in [5.74, 6) is 0.607. The Morgan fingerprint density at radius 2 is 1.62 bits per heavy atom. The average molecular weight is 493 g/mol. The lowest BCUT2D eigenvalue weighted by Gasteiger charge is -2.28. The summed E-state index contributed by atoms with van der Waals surface area (Å²) < 4.78 is 0. The molecule has 1 saturated heterocycles. The predicted molar refractivity (Wildman–Crippen MR) is 139 cm³/mol. The molecular weight excluding hydrogens is 464 g/mol. The molecule has 0 radical (unpaired) electrons. The molecule has 5 rings (SSSR count). The number of aliphatic imine (C=N–C) groups is 1. The monoisotopic (exact) mass is 492 g/mol. The van der Waals surface area contributed by atoms with Crippen LogP contribution in [0, 0.1) is 17.2 Å². The number of rotatable bonds is 9. The molecular formula is C29H28N6O2. The number of Topliss-reactive ketones (excluding diaryl/α,β-unsaturated/α-hetero) is 1. The Kier molecular flexibility index (Phi) is 7.15. The van der Waals surface area contributed by atoms with E-state index < -0.39 is 5.54 Å². The zero-order chi connectivity index (χ0) is 25.7. The van der Waals surface area contributed by atoms with Crippen LogP contribution in [0.25, 0.3) is 0 Å². The third-order valence-electron chi connectivity index (χ3n) is 7.05. The van der Waals surface area contributed by atoms with Crippen molar-refractivity contribution in [1.82, 2.24) is 20.2 Å². The highest BCUT2D eigenvalue weighted by Gasteiger charge is 2.49. The van der Waals surface area contributed by atoms with Gasteiger partial charge in [-0.2, -0.15) is 5.26 Å². The second kappa shape index (κ2) is 10.8. The summed E-state index contributed by atoms with van der Waals surface area (Å²) in [7, 11) is 0. The molecule has 8 nitrogen and oxygen atoms in total. The number of pyridine rings is 2. The fourth-order valence-electron chi connectivity index (χ4n) is 5.12. The number of hydrogen-bond acceptors (Lipinski definition) is 7. The van der Waals surface area contributed by atoms with Crippen LogP contribution in [-0.4, -0.2) is 57.6 Å². The first-order chi connectivity index (χ1) is 18.1. The lowest BCUT2D eigenvalue weighted by molar-refractivity contribution is -0.131. The zero-order valence-electron chi connectivity index (χ0n) is 20.5. The van der Waals surface area contributed by atoms with Crippen molar-refractivity contribution in [3.8, 4) is 6.07 Å². The molecule has 1 amide bonds. The minimum Gasteiger partial charge on any atom is -0.316 e. The number of aromatic nitrogens is 2. The van der Waals surface area contributed by atoms with Crippen molar-refractivity contribution in [3.05, 3.63) is 95.6 Å². The first-order valence-corrected chi connectivity index (χ1v) is 12.5. The smallest absolute Gasteiger partial charge is 0.256 e. The van der Waals surface area contributed by atoms with Crippen LogP contribution in [0.3, 0.4) is 0 Å². The second-order valence-corrected chi connectivity index (χ2v) is 9.69. The van der Waals surface area contributed by atoms with Crippen LogP contribution in [0.5, 0.6) is 0 Å².